The number of nitrogens with zero attached hydrogens (tertiary/aromatic N) is 1. The number of hydrogen-bond acceptors (Lipinski definition) is 3. The number of fused-ring (bicyclic) bond motifs is 1. The minimum Gasteiger partial charge on any atom is -0.493 e. The first-order chi connectivity index (χ1) is 10.1. The van der Waals surface area contributed by atoms with Crippen LogP contribution in [-0.4, -0.2) is 36.2 Å². The third-order valence-electron chi connectivity index (χ3n) is 5.38. The first-order valence-corrected chi connectivity index (χ1v) is 8.25. The molecule has 1 fully saturated rings. The van der Waals surface area contributed by atoms with Crippen molar-refractivity contribution in [1.29, 1.82) is 0 Å². The summed E-state index contributed by atoms with van der Waals surface area (Å²) in [7, 11) is 4.20. The van der Waals surface area contributed by atoms with Gasteiger partial charge in [-0.2, -0.15) is 0 Å². The summed E-state index contributed by atoms with van der Waals surface area (Å²) in [5.41, 5.74) is 2.10. The van der Waals surface area contributed by atoms with Gasteiger partial charge in [0.2, 0.25) is 0 Å². The van der Waals surface area contributed by atoms with Crippen LogP contribution in [0.25, 0.3) is 0 Å². The monoisotopic (exact) mass is 289 g/mol. The van der Waals surface area contributed by atoms with Crippen molar-refractivity contribution in [2.24, 2.45) is 0 Å². The molecule has 1 aromatic carbocycles. The van der Waals surface area contributed by atoms with Crippen LogP contribution in [0.5, 0.6) is 5.75 Å². The number of hydrogen-bond donors (Lipinski definition) is 1. The summed E-state index contributed by atoms with van der Waals surface area (Å²) < 4.78 is 5.91. The topological polar surface area (TPSA) is 32.7 Å². The van der Waals surface area contributed by atoms with Crippen molar-refractivity contribution >= 4 is 0 Å². The maximum Gasteiger partial charge on any atom is 0.128 e. The van der Waals surface area contributed by atoms with Crippen LogP contribution >= 0.6 is 0 Å². The highest BCUT2D eigenvalue weighted by Crippen LogP contribution is 2.45. The summed E-state index contributed by atoms with van der Waals surface area (Å²) in [6.45, 7) is 0.770. The van der Waals surface area contributed by atoms with E-state index in [1.165, 1.54) is 24.8 Å². The molecule has 0 spiro atoms. The van der Waals surface area contributed by atoms with Crippen LogP contribution in [0.1, 0.15) is 55.8 Å². The highest BCUT2D eigenvalue weighted by atomic mass is 16.5. The summed E-state index contributed by atoms with van der Waals surface area (Å²) in [5, 5.41) is 11.2. The number of aliphatic hydroxyl groups excluding tert-OH is 1. The first-order valence-electron chi connectivity index (χ1n) is 8.25. The van der Waals surface area contributed by atoms with Crippen LogP contribution in [-0.2, 0) is 6.42 Å². The molecule has 3 rings (SSSR count). The molecule has 1 N–H and O–H groups in total. The molecule has 3 heteroatoms. The molecule has 1 aliphatic heterocycles. The van der Waals surface area contributed by atoms with Gasteiger partial charge in [-0.25, -0.2) is 0 Å². The maximum atomic E-state index is 11.2. The quantitative estimate of drug-likeness (QED) is 0.926. The molecule has 0 radical (unpaired) electrons. The normalized spacial score (nSPS) is 22.5. The molecule has 0 saturated heterocycles. The van der Waals surface area contributed by atoms with Gasteiger partial charge in [-0.1, -0.05) is 37.5 Å². The lowest BCUT2D eigenvalue weighted by molar-refractivity contribution is -0.0349. The van der Waals surface area contributed by atoms with Gasteiger partial charge in [0.25, 0.3) is 0 Å². The van der Waals surface area contributed by atoms with Gasteiger partial charge in [-0.05, 0) is 45.3 Å². The Morgan fingerprint density at radius 2 is 1.90 bits per heavy atom. The van der Waals surface area contributed by atoms with Crippen LogP contribution in [0.15, 0.2) is 18.2 Å². The molecule has 0 bridgehead atoms. The van der Waals surface area contributed by atoms with Gasteiger partial charge in [0, 0.05) is 5.56 Å². The Morgan fingerprint density at radius 1 is 1.14 bits per heavy atom. The number of rotatable bonds is 3. The van der Waals surface area contributed by atoms with Gasteiger partial charge < -0.3 is 14.7 Å². The third-order valence-corrected chi connectivity index (χ3v) is 5.38. The number of benzene rings is 1. The van der Waals surface area contributed by atoms with Crippen molar-refractivity contribution in [1.82, 2.24) is 4.90 Å². The number of likely N-dealkylation sites (N-methyl/N-ethyl adjacent to an activating group) is 1. The summed E-state index contributed by atoms with van der Waals surface area (Å²) in [4.78, 5) is 2.24. The molecule has 1 aromatic rings. The SMILES string of the molecule is CN(C)C1(C(O)c2cccc3c2OCCC3)CCCCC1. The van der Waals surface area contributed by atoms with E-state index in [2.05, 4.69) is 37.2 Å². The molecule has 116 valence electrons. The highest BCUT2D eigenvalue weighted by Gasteiger charge is 2.43. The molecule has 0 amide bonds. The summed E-state index contributed by atoms with van der Waals surface area (Å²) in [6.07, 6.45) is 7.47. The van der Waals surface area contributed by atoms with Gasteiger partial charge in [0.15, 0.2) is 0 Å². The van der Waals surface area contributed by atoms with E-state index in [1.807, 2.05) is 0 Å². The van der Waals surface area contributed by atoms with Crippen molar-refractivity contribution < 1.29 is 9.84 Å². The molecule has 0 aromatic heterocycles. The van der Waals surface area contributed by atoms with E-state index in [-0.39, 0.29) is 5.54 Å². The Balaban J connectivity index is 1.98. The predicted molar refractivity (Wildman–Crippen MR) is 84.7 cm³/mol. The fraction of sp³-hybridized carbons (Fsp3) is 0.667. The van der Waals surface area contributed by atoms with Crippen LogP contribution in [0, 0.1) is 0 Å². The summed E-state index contributed by atoms with van der Waals surface area (Å²) in [6, 6.07) is 6.25. The fourth-order valence-electron chi connectivity index (χ4n) is 4.05. The fourth-order valence-corrected chi connectivity index (χ4v) is 4.05. The minimum atomic E-state index is -0.471. The molecular weight excluding hydrogens is 262 g/mol. The molecule has 2 aliphatic rings. The summed E-state index contributed by atoms with van der Waals surface area (Å²) in [5.74, 6) is 0.947. The number of aliphatic hydroxyl groups is 1. The second-order valence-corrected chi connectivity index (χ2v) is 6.75. The van der Waals surface area contributed by atoms with Gasteiger partial charge in [-0.15, -0.1) is 0 Å². The number of para-hydroxylation sites is 1. The van der Waals surface area contributed by atoms with Crippen LogP contribution in [0.3, 0.4) is 0 Å². The van der Waals surface area contributed by atoms with Crippen LogP contribution in [0.2, 0.25) is 0 Å². The lowest BCUT2D eigenvalue weighted by Crippen LogP contribution is -2.50. The Labute approximate surface area is 127 Å². The molecule has 21 heavy (non-hydrogen) atoms. The third kappa shape index (κ3) is 2.58. The van der Waals surface area contributed by atoms with E-state index >= 15 is 0 Å². The average molecular weight is 289 g/mol. The molecule has 1 heterocycles. The second kappa shape index (κ2) is 5.98. The standard InChI is InChI=1S/C18H27NO2/c1-19(2)18(11-4-3-5-12-18)17(20)15-10-6-8-14-9-7-13-21-16(14)15/h6,8,10,17,20H,3-5,7,9,11-13H2,1-2H3. The Morgan fingerprint density at radius 3 is 2.62 bits per heavy atom. The highest BCUT2D eigenvalue weighted by molar-refractivity contribution is 5.45. The predicted octanol–water partition coefficient (Wildman–Crippen LogP) is 3.31. The maximum absolute atomic E-state index is 11.2. The van der Waals surface area contributed by atoms with Crippen molar-refractivity contribution in [2.45, 2.75) is 56.6 Å². The Kier molecular flexibility index (Phi) is 4.23. The first kappa shape index (κ1) is 14.9. The largest absolute Gasteiger partial charge is 0.493 e. The lowest BCUT2D eigenvalue weighted by Gasteiger charge is -2.47. The number of aryl methyl sites for hydroxylation is 1. The van der Waals surface area contributed by atoms with Crippen molar-refractivity contribution in [2.75, 3.05) is 20.7 Å². The molecule has 1 aliphatic carbocycles. The molecule has 1 unspecified atom stereocenters. The van der Waals surface area contributed by atoms with Crippen LogP contribution in [0.4, 0.5) is 0 Å². The minimum absolute atomic E-state index is 0.145. The Bertz CT molecular complexity index is 492. The summed E-state index contributed by atoms with van der Waals surface area (Å²) >= 11 is 0. The molecule has 1 atom stereocenters. The average Bonchev–Trinajstić information content (AvgIpc) is 2.54. The van der Waals surface area contributed by atoms with E-state index in [0.29, 0.717) is 0 Å². The van der Waals surface area contributed by atoms with E-state index in [4.69, 9.17) is 4.74 Å². The Hall–Kier alpha value is -1.06. The van der Waals surface area contributed by atoms with Crippen molar-refractivity contribution in [3.63, 3.8) is 0 Å². The second-order valence-electron chi connectivity index (χ2n) is 6.75. The zero-order chi connectivity index (χ0) is 14.9. The van der Waals surface area contributed by atoms with Gasteiger partial charge in [0.1, 0.15) is 11.9 Å². The van der Waals surface area contributed by atoms with Gasteiger partial charge in [-0.3, -0.25) is 0 Å². The van der Waals surface area contributed by atoms with E-state index in [0.717, 1.165) is 43.6 Å². The van der Waals surface area contributed by atoms with Crippen molar-refractivity contribution in [3.8, 4) is 5.75 Å². The molecule has 1 saturated carbocycles. The molecule has 3 nitrogen and oxygen atoms in total. The van der Waals surface area contributed by atoms with E-state index < -0.39 is 6.10 Å². The van der Waals surface area contributed by atoms with E-state index in [9.17, 15) is 5.11 Å². The zero-order valence-electron chi connectivity index (χ0n) is 13.3. The number of ether oxygens (including phenoxy) is 1. The van der Waals surface area contributed by atoms with Gasteiger partial charge in [0.05, 0.1) is 12.1 Å². The van der Waals surface area contributed by atoms with Crippen molar-refractivity contribution in [3.05, 3.63) is 29.3 Å². The lowest BCUT2D eigenvalue weighted by atomic mass is 9.74. The smallest absolute Gasteiger partial charge is 0.128 e. The van der Waals surface area contributed by atoms with E-state index in [1.54, 1.807) is 0 Å². The molecular formula is C18H27NO2. The zero-order valence-corrected chi connectivity index (χ0v) is 13.3. The van der Waals surface area contributed by atoms with Gasteiger partial charge >= 0.3 is 0 Å². The van der Waals surface area contributed by atoms with Crippen LogP contribution < -0.4 is 4.74 Å².